The highest BCUT2D eigenvalue weighted by molar-refractivity contribution is 7.89. The number of rotatable bonds is 4. The van der Waals surface area contributed by atoms with E-state index in [0.29, 0.717) is 22.6 Å². The Hall–Kier alpha value is -4.01. The topological polar surface area (TPSA) is 157 Å². The van der Waals surface area contributed by atoms with Gasteiger partial charge in [0.15, 0.2) is 11.2 Å². The van der Waals surface area contributed by atoms with E-state index in [1.165, 1.54) is 28.9 Å². The van der Waals surface area contributed by atoms with Gasteiger partial charge in [0.05, 0.1) is 22.0 Å². The molecule has 0 spiro atoms. The van der Waals surface area contributed by atoms with Gasteiger partial charge in [0.25, 0.3) is 0 Å². The fraction of sp³-hybridized carbons (Fsp3) is 0.100. The molecule has 156 valence electrons. The Kier molecular flexibility index (Phi) is 4.81. The largest absolute Gasteiger partial charge is 0.396 e. The molecular weight excluding hydrogens is 416 g/mol. The van der Waals surface area contributed by atoms with Crippen molar-refractivity contribution in [2.45, 2.75) is 4.90 Å². The summed E-state index contributed by atoms with van der Waals surface area (Å²) in [7, 11) is 0.0484. The van der Waals surface area contributed by atoms with Crippen molar-refractivity contribution in [1.82, 2.24) is 20.0 Å². The minimum Gasteiger partial charge on any atom is -0.396 e. The summed E-state index contributed by atoms with van der Waals surface area (Å²) in [6, 6.07) is 15.5. The molecule has 10 nitrogen and oxygen atoms in total. The molecule has 0 aliphatic rings. The van der Waals surface area contributed by atoms with Crippen molar-refractivity contribution < 1.29 is 8.42 Å². The molecule has 0 aliphatic carbocycles. The zero-order valence-corrected chi connectivity index (χ0v) is 17.5. The van der Waals surface area contributed by atoms with Crippen LogP contribution in [0.15, 0.2) is 53.4 Å². The molecule has 0 radical (unpaired) electrons. The number of nitrogens with two attached hydrogens (primary N) is 2. The van der Waals surface area contributed by atoms with Crippen LogP contribution in [0.3, 0.4) is 0 Å². The van der Waals surface area contributed by atoms with Gasteiger partial charge in [0, 0.05) is 25.3 Å². The van der Waals surface area contributed by atoms with Gasteiger partial charge in [0.1, 0.15) is 11.6 Å². The molecule has 2 aromatic heterocycles. The third kappa shape index (κ3) is 3.54. The van der Waals surface area contributed by atoms with Gasteiger partial charge in [-0.05, 0) is 36.4 Å². The van der Waals surface area contributed by atoms with Gasteiger partial charge in [-0.25, -0.2) is 18.5 Å². The molecule has 31 heavy (non-hydrogen) atoms. The fourth-order valence-electron chi connectivity index (χ4n) is 3.15. The normalized spacial score (nSPS) is 11.4. The second-order valence-corrected chi connectivity index (χ2v) is 8.58. The SMILES string of the molecule is CN(C)c1ccc(-c2nc3c(nnn3-c3ccc(S(N)(=O)=O)cc3)c(N)c2C#N)cc1. The van der Waals surface area contributed by atoms with Gasteiger partial charge >= 0.3 is 0 Å². The second-order valence-electron chi connectivity index (χ2n) is 7.01. The number of nitrogens with zero attached hydrogens (tertiary/aromatic N) is 6. The van der Waals surface area contributed by atoms with Crippen LogP contribution in [0.1, 0.15) is 5.56 Å². The predicted octanol–water partition coefficient (Wildman–Crippen LogP) is 1.65. The standard InChI is InChI=1S/C20H18N8O2S/c1-27(2)13-5-3-12(4-6-13)18-16(11-21)17(22)19-20(24-18)28(26-25-19)14-7-9-15(10-8-14)31(23,29)30/h3-10H,1-2H3,(H2,22,24)(H2,23,29,30). The fourth-order valence-corrected chi connectivity index (χ4v) is 3.67. The van der Waals surface area contributed by atoms with Crippen molar-refractivity contribution in [2.75, 3.05) is 24.7 Å². The second kappa shape index (κ2) is 7.35. The summed E-state index contributed by atoms with van der Waals surface area (Å²) >= 11 is 0. The zero-order chi connectivity index (χ0) is 22.3. The Labute approximate surface area is 178 Å². The molecule has 11 heteroatoms. The number of nitrogen functional groups attached to an aromatic ring is 1. The quantitative estimate of drug-likeness (QED) is 0.491. The number of fused-ring (bicyclic) bond motifs is 1. The van der Waals surface area contributed by atoms with E-state index < -0.39 is 10.0 Å². The van der Waals surface area contributed by atoms with Gasteiger partial charge < -0.3 is 10.6 Å². The van der Waals surface area contributed by atoms with Crippen LogP contribution >= 0.6 is 0 Å². The van der Waals surface area contributed by atoms with Gasteiger partial charge in [-0.1, -0.05) is 17.3 Å². The number of sulfonamides is 1. The molecule has 0 atom stereocenters. The average molecular weight is 434 g/mol. The predicted molar refractivity (Wildman–Crippen MR) is 117 cm³/mol. The molecule has 0 saturated carbocycles. The lowest BCUT2D eigenvalue weighted by Crippen LogP contribution is -2.12. The number of pyridine rings is 1. The van der Waals surface area contributed by atoms with Crippen LogP contribution in [0.25, 0.3) is 28.1 Å². The molecule has 2 heterocycles. The van der Waals surface area contributed by atoms with E-state index in [1.54, 1.807) is 0 Å². The number of primary sulfonamides is 1. The Morgan fingerprint density at radius 2 is 1.71 bits per heavy atom. The highest BCUT2D eigenvalue weighted by Gasteiger charge is 2.20. The Balaban J connectivity index is 1.90. The van der Waals surface area contributed by atoms with Crippen LogP contribution in [-0.4, -0.2) is 42.5 Å². The number of nitriles is 1. The summed E-state index contributed by atoms with van der Waals surface area (Å²) < 4.78 is 24.4. The summed E-state index contributed by atoms with van der Waals surface area (Å²) in [6.45, 7) is 0. The zero-order valence-electron chi connectivity index (χ0n) is 16.7. The van der Waals surface area contributed by atoms with Crippen molar-refractivity contribution in [3.05, 3.63) is 54.1 Å². The maximum absolute atomic E-state index is 11.5. The minimum absolute atomic E-state index is 0.0263. The first-order valence-electron chi connectivity index (χ1n) is 9.06. The summed E-state index contributed by atoms with van der Waals surface area (Å²) in [5.74, 6) is 0. The van der Waals surface area contributed by atoms with Crippen LogP contribution in [0, 0.1) is 11.3 Å². The summed E-state index contributed by atoms with van der Waals surface area (Å²) in [6.07, 6.45) is 0. The van der Waals surface area contributed by atoms with E-state index in [9.17, 15) is 13.7 Å². The molecule has 0 aliphatic heterocycles. The first kappa shape index (κ1) is 20.3. The van der Waals surface area contributed by atoms with E-state index in [-0.39, 0.29) is 21.7 Å². The Morgan fingerprint density at radius 3 is 2.26 bits per heavy atom. The Morgan fingerprint density at radius 1 is 1.06 bits per heavy atom. The molecule has 0 fully saturated rings. The lowest BCUT2D eigenvalue weighted by Gasteiger charge is -2.13. The molecule has 0 bridgehead atoms. The average Bonchev–Trinajstić information content (AvgIpc) is 3.17. The van der Waals surface area contributed by atoms with Gasteiger partial charge in [-0.15, -0.1) is 5.10 Å². The van der Waals surface area contributed by atoms with Crippen LogP contribution < -0.4 is 15.8 Å². The molecule has 0 amide bonds. The highest BCUT2D eigenvalue weighted by Crippen LogP contribution is 2.32. The van der Waals surface area contributed by atoms with Gasteiger partial charge in [-0.3, -0.25) is 0 Å². The van der Waals surface area contributed by atoms with E-state index in [4.69, 9.17) is 10.9 Å². The molecule has 4 rings (SSSR count). The Bertz CT molecular complexity index is 1430. The van der Waals surface area contributed by atoms with Crippen molar-refractivity contribution in [3.8, 4) is 23.0 Å². The molecule has 4 aromatic rings. The summed E-state index contributed by atoms with van der Waals surface area (Å²) in [5, 5.41) is 23.0. The van der Waals surface area contributed by atoms with Crippen LogP contribution in [0.4, 0.5) is 11.4 Å². The lowest BCUT2D eigenvalue weighted by atomic mass is 10.0. The van der Waals surface area contributed by atoms with E-state index in [1.807, 2.05) is 43.3 Å². The number of hydrogen-bond acceptors (Lipinski definition) is 8. The van der Waals surface area contributed by atoms with E-state index >= 15 is 0 Å². The third-order valence-corrected chi connectivity index (χ3v) is 5.73. The van der Waals surface area contributed by atoms with Crippen LogP contribution in [0.5, 0.6) is 0 Å². The monoisotopic (exact) mass is 434 g/mol. The molecule has 0 saturated heterocycles. The molecule has 4 N–H and O–H groups in total. The van der Waals surface area contributed by atoms with Crippen molar-refractivity contribution >= 4 is 32.6 Å². The van der Waals surface area contributed by atoms with Crippen molar-refractivity contribution in [2.24, 2.45) is 5.14 Å². The lowest BCUT2D eigenvalue weighted by molar-refractivity contribution is 0.598. The molecule has 0 unspecified atom stereocenters. The highest BCUT2D eigenvalue weighted by atomic mass is 32.2. The first-order chi connectivity index (χ1) is 14.7. The smallest absolute Gasteiger partial charge is 0.238 e. The maximum Gasteiger partial charge on any atom is 0.238 e. The van der Waals surface area contributed by atoms with Crippen LogP contribution in [-0.2, 0) is 10.0 Å². The van der Waals surface area contributed by atoms with E-state index in [2.05, 4.69) is 21.4 Å². The van der Waals surface area contributed by atoms with Gasteiger partial charge in [-0.2, -0.15) is 9.94 Å². The van der Waals surface area contributed by atoms with Gasteiger partial charge in [0.2, 0.25) is 10.0 Å². The number of benzene rings is 2. The number of aromatic nitrogens is 4. The third-order valence-electron chi connectivity index (χ3n) is 4.80. The minimum atomic E-state index is -3.82. The number of hydrogen-bond donors (Lipinski definition) is 2. The molecular formula is C20H18N8O2S. The van der Waals surface area contributed by atoms with E-state index in [0.717, 1.165) is 5.69 Å². The number of anilines is 2. The maximum atomic E-state index is 11.5. The summed E-state index contributed by atoms with van der Waals surface area (Å²) in [4.78, 5) is 6.57. The van der Waals surface area contributed by atoms with Crippen LogP contribution in [0.2, 0.25) is 0 Å². The van der Waals surface area contributed by atoms with Crippen molar-refractivity contribution in [1.29, 1.82) is 5.26 Å². The molecule has 2 aromatic carbocycles. The van der Waals surface area contributed by atoms with Crippen molar-refractivity contribution in [3.63, 3.8) is 0 Å². The first-order valence-corrected chi connectivity index (χ1v) is 10.6. The summed E-state index contributed by atoms with van der Waals surface area (Å²) in [5.41, 5.74) is 9.87.